The smallest absolute Gasteiger partial charge is 0.119 e. The number of nitrogens with one attached hydrogen (secondary N) is 2. The molecule has 0 radical (unpaired) electrons. The maximum Gasteiger partial charge on any atom is 0.119 e. The van der Waals surface area contributed by atoms with Crippen LogP contribution in [0.15, 0.2) is 48.5 Å². The van der Waals surface area contributed by atoms with E-state index in [-0.39, 0.29) is 0 Å². The number of anilines is 2. The van der Waals surface area contributed by atoms with Gasteiger partial charge in [-0.2, -0.15) is 0 Å². The molecule has 0 atom stereocenters. The fourth-order valence-corrected chi connectivity index (χ4v) is 2.50. The van der Waals surface area contributed by atoms with Gasteiger partial charge in [-0.1, -0.05) is 45.9 Å². The van der Waals surface area contributed by atoms with Gasteiger partial charge in [-0.05, 0) is 47.7 Å². The lowest BCUT2D eigenvalue weighted by atomic mass is 10.0. The van der Waals surface area contributed by atoms with E-state index < -0.39 is 0 Å². The van der Waals surface area contributed by atoms with E-state index in [9.17, 15) is 0 Å². The Kier molecular flexibility index (Phi) is 6.98. The minimum atomic E-state index is 0.528. The molecule has 2 N–H and O–H groups in total. The Morgan fingerprint density at radius 3 is 2.17 bits per heavy atom. The number of ether oxygens (including phenoxy) is 1. The average molecular weight is 326 g/mol. The van der Waals surface area contributed by atoms with Crippen LogP contribution in [0.1, 0.15) is 39.2 Å². The fraction of sp³-hybridized carbons (Fsp3) is 0.429. The van der Waals surface area contributed by atoms with Crippen LogP contribution in [0.2, 0.25) is 0 Å². The molecule has 0 aliphatic heterocycles. The highest BCUT2D eigenvalue weighted by Gasteiger charge is 2.04. The molecule has 0 aromatic heterocycles. The van der Waals surface area contributed by atoms with E-state index in [1.807, 2.05) is 12.1 Å². The predicted octanol–water partition coefficient (Wildman–Crippen LogP) is 5.37. The van der Waals surface area contributed by atoms with Crippen molar-refractivity contribution in [2.24, 2.45) is 5.92 Å². The second-order valence-electron chi connectivity index (χ2n) is 6.82. The highest BCUT2D eigenvalue weighted by Crippen LogP contribution is 2.23. The van der Waals surface area contributed by atoms with Crippen LogP contribution < -0.4 is 15.4 Å². The Bertz CT molecular complexity index is 605. The zero-order chi connectivity index (χ0) is 17.4. The van der Waals surface area contributed by atoms with Gasteiger partial charge in [-0.15, -0.1) is 0 Å². The lowest BCUT2D eigenvalue weighted by Gasteiger charge is -2.15. The summed E-state index contributed by atoms with van der Waals surface area (Å²) in [6.45, 7) is 11.3. The van der Waals surface area contributed by atoms with Gasteiger partial charge in [0, 0.05) is 24.5 Å². The molecule has 3 heteroatoms. The van der Waals surface area contributed by atoms with Crippen LogP contribution in [0.25, 0.3) is 0 Å². The molecule has 2 rings (SSSR count). The fourth-order valence-electron chi connectivity index (χ4n) is 2.50. The first-order valence-corrected chi connectivity index (χ1v) is 8.85. The number of hydrogen-bond donors (Lipinski definition) is 2. The van der Waals surface area contributed by atoms with E-state index in [1.165, 1.54) is 11.3 Å². The molecular weight excluding hydrogens is 296 g/mol. The average Bonchev–Trinajstić information content (AvgIpc) is 2.58. The van der Waals surface area contributed by atoms with Crippen molar-refractivity contribution >= 4 is 11.4 Å². The summed E-state index contributed by atoms with van der Waals surface area (Å²) in [4.78, 5) is 0. The van der Waals surface area contributed by atoms with Crippen LogP contribution in [0.5, 0.6) is 5.75 Å². The summed E-state index contributed by atoms with van der Waals surface area (Å²) in [5.74, 6) is 2.00. The predicted molar refractivity (Wildman–Crippen MR) is 104 cm³/mol. The van der Waals surface area contributed by atoms with Crippen LogP contribution in [0.4, 0.5) is 11.4 Å². The summed E-state index contributed by atoms with van der Waals surface area (Å²) < 4.78 is 5.70. The minimum Gasteiger partial charge on any atom is -0.493 e. The molecule has 0 amide bonds. The molecule has 0 bridgehead atoms. The van der Waals surface area contributed by atoms with Gasteiger partial charge in [0.2, 0.25) is 0 Å². The third kappa shape index (κ3) is 5.80. The first kappa shape index (κ1) is 18.2. The molecule has 24 heavy (non-hydrogen) atoms. The van der Waals surface area contributed by atoms with E-state index in [4.69, 9.17) is 4.74 Å². The number of para-hydroxylation sites is 1. The summed E-state index contributed by atoms with van der Waals surface area (Å²) in [5, 5.41) is 6.96. The molecule has 0 fully saturated rings. The van der Waals surface area contributed by atoms with Gasteiger partial charge in [0.05, 0.1) is 6.61 Å². The van der Waals surface area contributed by atoms with Crippen molar-refractivity contribution < 1.29 is 4.74 Å². The standard InChI is InChI=1S/C21H30N2O/c1-16(2)15-24-19-11-9-18(10-12-19)22-13-14-23-21-8-6-5-7-20(21)17(3)4/h5-12,16-17,22-23H,13-15H2,1-4H3. The van der Waals surface area contributed by atoms with Crippen molar-refractivity contribution in [3.05, 3.63) is 54.1 Å². The highest BCUT2D eigenvalue weighted by atomic mass is 16.5. The van der Waals surface area contributed by atoms with Crippen LogP contribution in [0.3, 0.4) is 0 Å². The molecule has 0 saturated heterocycles. The lowest BCUT2D eigenvalue weighted by molar-refractivity contribution is 0.271. The largest absolute Gasteiger partial charge is 0.493 e. The van der Waals surface area contributed by atoms with E-state index in [1.54, 1.807) is 0 Å². The summed E-state index contributed by atoms with van der Waals surface area (Å²) in [5.41, 5.74) is 3.71. The van der Waals surface area contributed by atoms with Gasteiger partial charge < -0.3 is 15.4 Å². The van der Waals surface area contributed by atoms with Crippen molar-refractivity contribution in [2.75, 3.05) is 30.3 Å². The summed E-state index contributed by atoms with van der Waals surface area (Å²) >= 11 is 0. The normalized spacial score (nSPS) is 10.9. The zero-order valence-corrected chi connectivity index (χ0v) is 15.3. The second kappa shape index (κ2) is 9.21. The van der Waals surface area contributed by atoms with Gasteiger partial charge in [0.1, 0.15) is 5.75 Å². The first-order chi connectivity index (χ1) is 11.6. The summed E-state index contributed by atoms with van der Waals surface area (Å²) in [6, 6.07) is 16.7. The molecule has 0 saturated carbocycles. The van der Waals surface area contributed by atoms with Crippen LogP contribution in [0, 0.1) is 5.92 Å². The Hall–Kier alpha value is -2.16. The number of hydrogen-bond acceptors (Lipinski definition) is 3. The van der Waals surface area contributed by atoms with Gasteiger partial charge in [0.15, 0.2) is 0 Å². The maximum atomic E-state index is 5.70. The molecule has 130 valence electrons. The molecule has 3 nitrogen and oxygen atoms in total. The summed E-state index contributed by atoms with van der Waals surface area (Å²) in [7, 11) is 0. The molecule has 2 aromatic rings. The maximum absolute atomic E-state index is 5.70. The third-order valence-electron chi connectivity index (χ3n) is 3.79. The van der Waals surface area contributed by atoms with Gasteiger partial charge >= 0.3 is 0 Å². The van der Waals surface area contributed by atoms with Gasteiger partial charge in [0.25, 0.3) is 0 Å². The van der Waals surface area contributed by atoms with E-state index in [0.29, 0.717) is 11.8 Å². The zero-order valence-electron chi connectivity index (χ0n) is 15.3. The van der Waals surface area contributed by atoms with Crippen molar-refractivity contribution in [2.45, 2.75) is 33.6 Å². The SMILES string of the molecule is CC(C)COc1ccc(NCCNc2ccccc2C(C)C)cc1. The molecule has 0 aliphatic rings. The van der Waals surface area contributed by atoms with Gasteiger partial charge in [-0.3, -0.25) is 0 Å². The lowest BCUT2D eigenvalue weighted by Crippen LogP contribution is -2.14. The van der Waals surface area contributed by atoms with Gasteiger partial charge in [-0.25, -0.2) is 0 Å². The molecular formula is C21H30N2O. The molecule has 0 spiro atoms. The van der Waals surface area contributed by atoms with Crippen LogP contribution >= 0.6 is 0 Å². The third-order valence-corrected chi connectivity index (χ3v) is 3.79. The first-order valence-electron chi connectivity index (χ1n) is 8.85. The topological polar surface area (TPSA) is 33.3 Å². The van der Waals surface area contributed by atoms with E-state index in [2.05, 4.69) is 74.7 Å². The van der Waals surface area contributed by atoms with E-state index >= 15 is 0 Å². The second-order valence-corrected chi connectivity index (χ2v) is 6.82. The molecule has 2 aromatic carbocycles. The number of benzene rings is 2. The Morgan fingerprint density at radius 1 is 0.833 bits per heavy atom. The highest BCUT2D eigenvalue weighted by molar-refractivity contribution is 5.53. The molecule has 0 heterocycles. The minimum absolute atomic E-state index is 0.528. The Morgan fingerprint density at radius 2 is 1.50 bits per heavy atom. The Labute approximate surface area is 146 Å². The van der Waals surface area contributed by atoms with Crippen molar-refractivity contribution in [3.63, 3.8) is 0 Å². The van der Waals surface area contributed by atoms with Crippen LogP contribution in [-0.4, -0.2) is 19.7 Å². The van der Waals surface area contributed by atoms with E-state index in [0.717, 1.165) is 31.1 Å². The van der Waals surface area contributed by atoms with Crippen LogP contribution in [-0.2, 0) is 0 Å². The molecule has 0 unspecified atom stereocenters. The van der Waals surface area contributed by atoms with Crippen molar-refractivity contribution in [1.29, 1.82) is 0 Å². The number of rotatable bonds is 9. The van der Waals surface area contributed by atoms with Crippen molar-refractivity contribution in [1.82, 2.24) is 0 Å². The molecule has 0 aliphatic carbocycles. The summed E-state index contributed by atoms with van der Waals surface area (Å²) in [6.07, 6.45) is 0. The Balaban J connectivity index is 1.76. The monoisotopic (exact) mass is 326 g/mol. The quantitative estimate of drug-likeness (QED) is 0.608. The van der Waals surface area contributed by atoms with Crippen molar-refractivity contribution in [3.8, 4) is 5.75 Å².